The average molecular weight is 259 g/mol. The van der Waals surface area contributed by atoms with E-state index in [1.807, 2.05) is 24.3 Å². The smallest absolute Gasteiger partial charge is 0.264 e. The molecule has 2 aromatic rings. The van der Waals surface area contributed by atoms with Crippen molar-refractivity contribution in [1.82, 2.24) is 10.1 Å². The molecule has 1 aliphatic rings. The Bertz CT molecular complexity index is 532. The summed E-state index contributed by atoms with van der Waals surface area (Å²) >= 11 is 0. The predicted molar refractivity (Wildman–Crippen MR) is 69.8 cm³/mol. The van der Waals surface area contributed by atoms with Crippen LogP contribution in [0.1, 0.15) is 36.0 Å². The molecule has 0 saturated heterocycles. The quantitative estimate of drug-likeness (QED) is 0.859. The molecule has 100 valence electrons. The fraction of sp³-hybridized carbons (Fsp3) is 0.429. The average Bonchev–Trinajstić information content (AvgIpc) is 3.18. The van der Waals surface area contributed by atoms with Crippen LogP contribution < -0.4 is 10.5 Å². The molecule has 3 rings (SSSR count). The van der Waals surface area contributed by atoms with Crippen LogP contribution in [0.25, 0.3) is 0 Å². The third kappa shape index (κ3) is 3.12. The summed E-state index contributed by atoms with van der Waals surface area (Å²) in [6.07, 6.45) is 3.22. The Balaban J connectivity index is 1.55. The fourth-order valence-corrected chi connectivity index (χ4v) is 1.90. The van der Waals surface area contributed by atoms with E-state index in [0.29, 0.717) is 25.0 Å². The zero-order chi connectivity index (χ0) is 13.1. The first-order valence-electron chi connectivity index (χ1n) is 6.59. The Morgan fingerprint density at radius 1 is 1.26 bits per heavy atom. The number of hydrogen-bond acceptors (Lipinski definition) is 5. The predicted octanol–water partition coefficient (Wildman–Crippen LogP) is 2.03. The number of rotatable bonds is 6. The molecule has 1 saturated carbocycles. The molecule has 1 aromatic heterocycles. The molecule has 1 heterocycles. The first kappa shape index (κ1) is 12.2. The van der Waals surface area contributed by atoms with Crippen molar-refractivity contribution in [2.24, 2.45) is 5.73 Å². The summed E-state index contributed by atoms with van der Waals surface area (Å²) in [7, 11) is 0. The van der Waals surface area contributed by atoms with E-state index in [0.717, 1.165) is 18.0 Å². The molecule has 0 atom stereocenters. The van der Waals surface area contributed by atoms with E-state index in [-0.39, 0.29) is 0 Å². The maximum absolute atomic E-state index is 5.61. The SMILES string of the molecule is NCCc1ccc(OCc2nc(C3CC3)no2)cc1. The van der Waals surface area contributed by atoms with Crippen molar-refractivity contribution >= 4 is 0 Å². The second-order valence-electron chi connectivity index (χ2n) is 4.79. The molecule has 0 bridgehead atoms. The molecule has 1 aromatic carbocycles. The van der Waals surface area contributed by atoms with E-state index in [2.05, 4.69) is 10.1 Å². The topological polar surface area (TPSA) is 74.2 Å². The van der Waals surface area contributed by atoms with E-state index in [1.54, 1.807) is 0 Å². The maximum Gasteiger partial charge on any atom is 0.264 e. The van der Waals surface area contributed by atoms with Gasteiger partial charge in [-0.1, -0.05) is 17.3 Å². The lowest BCUT2D eigenvalue weighted by molar-refractivity contribution is 0.242. The minimum atomic E-state index is 0.315. The summed E-state index contributed by atoms with van der Waals surface area (Å²) in [6, 6.07) is 7.91. The second kappa shape index (κ2) is 5.40. The van der Waals surface area contributed by atoms with Crippen molar-refractivity contribution in [1.29, 1.82) is 0 Å². The molecule has 19 heavy (non-hydrogen) atoms. The van der Waals surface area contributed by atoms with Gasteiger partial charge in [-0.25, -0.2) is 0 Å². The maximum atomic E-state index is 5.61. The van der Waals surface area contributed by atoms with Gasteiger partial charge in [-0.3, -0.25) is 0 Å². The van der Waals surface area contributed by atoms with Gasteiger partial charge in [0.2, 0.25) is 0 Å². The highest BCUT2D eigenvalue weighted by Crippen LogP contribution is 2.38. The summed E-state index contributed by atoms with van der Waals surface area (Å²) in [5.74, 6) is 2.66. The van der Waals surface area contributed by atoms with E-state index in [1.165, 1.54) is 18.4 Å². The minimum absolute atomic E-state index is 0.315. The number of nitrogens with two attached hydrogens (primary N) is 1. The van der Waals surface area contributed by atoms with Crippen LogP contribution in [0.3, 0.4) is 0 Å². The van der Waals surface area contributed by atoms with Crippen molar-refractivity contribution in [2.75, 3.05) is 6.54 Å². The molecule has 5 nitrogen and oxygen atoms in total. The van der Waals surface area contributed by atoms with Crippen LogP contribution in [0.5, 0.6) is 5.75 Å². The molecule has 0 spiro atoms. The molecular formula is C14H17N3O2. The fourth-order valence-electron chi connectivity index (χ4n) is 1.90. The van der Waals surface area contributed by atoms with Gasteiger partial charge in [0.1, 0.15) is 5.75 Å². The van der Waals surface area contributed by atoms with Crippen LogP contribution in [-0.2, 0) is 13.0 Å². The van der Waals surface area contributed by atoms with Gasteiger partial charge in [-0.05, 0) is 43.5 Å². The number of hydrogen-bond donors (Lipinski definition) is 1. The molecule has 0 amide bonds. The van der Waals surface area contributed by atoms with Crippen molar-refractivity contribution in [3.63, 3.8) is 0 Å². The van der Waals surface area contributed by atoms with Gasteiger partial charge < -0.3 is 15.0 Å². The zero-order valence-electron chi connectivity index (χ0n) is 10.7. The monoisotopic (exact) mass is 259 g/mol. The Labute approximate surface area is 111 Å². The van der Waals surface area contributed by atoms with Gasteiger partial charge in [0, 0.05) is 5.92 Å². The number of benzene rings is 1. The van der Waals surface area contributed by atoms with Gasteiger partial charge in [0.15, 0.2) is 12.4 Å². The van der Waals surface area contributed by atoms with E-state index in [9.17, 15) is 0 Å². The third-order valence-electron chi connectivity index (χ3n) is 3.14. The molecule has 1 aliphatic carbocycles. The van der Waals surface area contributed by atoms with Crippen LogP contribution in [0.15, 0.2) is 28.8 Å². The summed E-state index contributed by atoms with van der Waals surface area (Å²) < 4.78 is 10.8. The Morgan fingerprint density at radius 3 is 2.74 bits per heavy atom. The first-order chi connectivity index (χ1) is 9.35. The number of nitrogens with zero attached hydrogens (tertiary/aromatic N) is 2. The van der Waals surface area contributed by atoms with Crippen LogP contribution in [0.4, 0.5) is 0 Å². The third-order valence-corrected chi connectivity index (χ3v) is 3.14. The zero-order valence-corrected chi connectivity index (χ0v) is 10.7. The van der Waals surface area contributed by atoms with Gasteiger partial charge >= 0.3 is 0 Å². The van der Waals surface area contributed by atoms with Crippen molar-refractivity contribution < 1.29 is 9.26 Å². The van der Waals surface area contributed by atoms with Gasteiger partial charge in [0.25, 0.3) is 5.89 Å². The summed E-state index contributed by atoms with van der Waals surface area (Å²) in [5.41, 5.74) is 6.72. The summed E-state index contributed by atoms with van der Waals surface area (Å²) in [5, 5.41) is 3.95. The lowest BCUT2D eigenvalue weighted by Gasteiger charge is -2.04. The molecule has 2 N–H and O–H groups in total. The highest BCUT2D eigenvalue weighted by atomic mass is 16.5. The first-order valence-corrected chi connectivity index (χ1v) is 6.59. The highest BCUT2D eigenvalue weighted by molar-refractivity contribution is 5.27. The lowest BCUT2D eigenvalue weighted by Crippen LogP contribution is -2.02. The van der Waals surface area contributed by atoms with E-state index >= 15 is 0 Å². The lowest BCUT2D eigenvalue weighted by atomic mass is 10.1. The normalized spacial score (nSPS) is 14.6. The van der Waals surface area contributed by atoms with Crippen molar-refractivity contribution in [3.05, 3.63) is 41.5 Å². The largest absolute Gasteiger partial charge is 0.484 e. The Morgan fingerprint density at radius 2 is 2.05 bits per heavy atom. The molecular weight excluding hydrogens is 242 g/mol. The minimum Gasteiger partial charge on any atom is -0.484 e. The van der Waals surface area contributed by atoms with Crippen molar-refractivity contribution in [3.8, 4) is 5.75 Å². The highest BCUT2D eigenvalue weighted by Gasteiger charge is 2.28. The summed E-state index contributed by atoms with van der Waals surface area (Å²) in [4.78, 5) is 4.32. The van der Waals surface area contributed by atoms with Crippen LogP contribution in [0, 0.1) is 0 Å². The Kier molecular flexibility index (Phi) is 3.46. The Hall–Kier alpha value is -1.88. The molecule has 0 unspecified atom stereocenters. The second-order valence-corrected chi connectivity index (χ2v) is 4.79. The van der Waals surface area contributed by atoms with Gasteiger partial charge in [0.05, 0.1) is 0 Å². The molecule has 5 heteroatoms. The summed E-state index contributed by atoms with van der Waals surface area (Å²) in [6.45, 7) is 0.974. The molecule has 1 fully saturated rings. The van der Waals surface area contributed by atoms with Gasteiger partial charge in [-0.2, -0.15) is 4.98 Å². The van der Waals surface area contributed by atoms with E-state index < -0.39 is 0 Å². The van der Waals surface area contributed by atoms with Crippen LogP contribution >= 0.6 is 0 Å². The van der Waals surface area contributed by atoms with Crippen LogP contribution in [0.2, 0.25) is 0 Å². The number of ether oxygens (including phenoxy) is 1. The van der Waals surface area contributed by atoms with E-state index in [4.69, 9.17) is 15.0 Å². The molecule has 0 aliphatic heterocycles. The van der Waals surface area contributed by atoms with Gasteiger partial charge in [-0.15, -0.1) is 0 Å². The molecule has 0 radical (unpaired) electrons. The number of aromatic nitrogens is 2. The van der Waals surface area contributed by atoms with Crippen molar-refractivity contribution in [2.45, 2.75) is 31.8 Å². The van der Waals surface area contributed by atoms with Crippen LogP contribution in [-0.4, -0.2) is 16.7 Å². The standard InChI is InChI=1S/C14H17N3O2/c15-8-7-10-1-5-12(6-2-10)18-9-13-16-14(17-19-13)11-3-4-11/h1-2,5-6,11H,3-4,7-9,15H2.